The molecule has 0 heterocycles. The van der Waals surface area contributed by atoms with Crippen LogP contribution in [0.15, 0.2) is 18.2 Å². The Balaban J connectivity index is 2.90. The van der Waals surface area contributed by atoms with Crippen molar-refractivity contribution >= 4 is 0 Å². The van der Waals surface area contributed by atoms with Gasteiger partial charge in [0.15, 0.2) is 11.5 Å². The largest absolute Gasteiger partial charge is 0.504 e. The first-order chi connectivity index (χ1) is 7.10. The summed E-state index contributed by atoms with van der Waals surface area (Å²) in [7, 11) is 3.43. The standard InChI is InChI=1S/C10H16N2O3/c1-11-10(12-2)9(15)6-3-4-7(13)8(14)5-6/h3-5,9-15H,1-2H3. The molecule has 5 nitrogen and oxygen atoms in total. The molecule has 0 amide bonds. The van der Waals surface area contributed by atoms with E-state index in [9.17, 15) is 10.2 Å². The van der Waals surface area contributed by atoms with E-state index in [0.717, 1.165) is 0 Å². The van der Waals surface area contributed by atoms with E-state index in [4.69, 9.17) is 5.11 Å². The minimum atomic E-state index is -0.800. The van der Waals surface area contributed by atoms with E-state index in [1.54, 1.807) is 20.2 Å². The van der Waals surface area contributed by atoms with Crippen LogP contribution in [0.25, 0.3) is 0 Å². The molecule has 0 radical (unpaired) electrons. The van der Waals surface area contributed by atoms with Crippen molar-refractivity contribution in [2.24, 2.45) is 0 Å². The molecule has 0 saturated carbocycles. The lowest BCUT2D eigenvalue weighted by Crippen LogP contribution is -2.42. The fourth-order valence-corrected chi connectivity index (χ4v) is 1.38. The van der Waals surface area contributed by atoms with Crippen LogP contribution in [0.1, 0.15) is 11.7 Å². The van der Waals surface area contributed by atoms with Gasteiger partial charge in [0.2, 0.25) is 0 Å². The van der Waals surface area contributed by atoms with Gasteiger partial charge in [0.25, 0.3) is 0 Å². The predicted molar refractivity (Wildman–Crippen MR) is 56.6 cm³/mol. The summed E-state index contributed by atoms with van der Waals surface area (Å²) in [5.41, 5.74) is 0.527. The second kappa shape index (κ2) is 4.97. The normalized spacial score (nSPS) is 13.1. The molecular weight excluding hydrogens is 196 g/mol. The number of aliphatic hydroxyl groups excluding tert-OH is 1. The Labute approximate surface area is 88.4 Å². The molecule has 0 saturated heterocycles. The fraction of sp³-hybridized carbons (Fsp3) is 0.400. The van der Waals surface area contributed by atoms with Gasteiger partial charge in [-0.05, 0) is 31.8 Å². The van der Waals surface area contributed by atoms with E-state index in [2.05, 4.69) is 10.6 Å². The summed E-state index contributed by atoms with van der Waals surface area (Å²) in [5.74, 6) is -0.436. The zero-order chi connectivity index (χ0) is 11.4. The van der Waals surface area contributed by atoms with Crippen molar-refractivity contribution in [1.29, 1.82) is 0 Å². The molecular formula is C10H16N2O3. The Morgan fingerprint density at radius 2 is 1.67 bits per heavy atom. The number of hydrogen-bond donors (Lipinski definition) is 5. The molecule has 5 N–H and O–H groups in total. The molecule has 0 fully saturated rings. The van der Waals surface area contributed by atoms with Crippen molar-refractivity contribution in [2.45, 2.75) is 12.3 Å². The van der Waals surface area contributed by atoms with E-state index in [0.29, 0.717) is 5.56 Å². The number of hydrogen-bond acceptors (Lipinski definition) is 5. The molecule has 0 aliphatic heterocycles. The predicted octanol–water partition coefficient (Wildman–Crippen LogP) is -0.104. The van der Waals surface area contributed by atoms with Crippen molar-refractivity contribution in [3.63, 3.8) is 0 Å². The van der Waals surface area contributed by atoms with Crippen LogP contribution in [0.3, 0.4) is 0 Å². The van der Waals surface area contributed by atoms with Crippen molar-refractivity contribution in [3.8, 4) is 11.5 Å². The maximum Gasteiger partial charge on any atom is 0.157 e. The van der Waals surface area contributed by atoms with Gasteiger partial charge >= 0.3 is 0 Å². The molecule has 0 aromatic heterocycles. The van der Waals surface area contributed by atoms with Gasteiger partial charge in [-0.25, -0.2) is 0 Å². The van der Waals surface area contributed by atoms with Gasteiger partial charge in [0.05, 0.1) is 6.17 Å². The topological polar surface area (TPSA) is 84.8 Å². The Bertz CT molecular complexity index is 326. The molecule has 5 heteroatoms. The van der Waals surface area contributed by atoms with Gasteiger partial charge in [0.1, 0.15) is 6.10 Å². The summed E-state index contributed by atoms with van der Waals surface area (Å²) in [4.78, 5) is 0. The van der Waals surface area contributed by atoms with Gasteiger partial charge in [-0.2, -0.15) is 0 Å². The Morgan fingerprint density at radius 3 is 2.13 bits per heavy atom. The Kier molecular flexibility index (Phi) is 3.90. The molecule has 1 unspecified atom stereocenters. The van der Waals surface area contributed by atoms with E-state index in [-0.39, 0.29) is 17.7 Å². The van der Waals surface area contributed by atoms with Crippen LogP contribution in [0.4, 0.5) is 0 Å². The lowest BCUT2D eigenvalue weighted by Gasteiger charge is -2.22. The van der Waals surface area contributed by atoms with Crippen LogP contribution in [-0.2, 0) is 0 Å². The minimum absolute atomic E-state index is 0.198. The quantitative estimate of drug-likeness (QED) is 0.355. The van der Waals surface area contributed by atoms with Crippen LogP contribution in [0, 0.1) is 0 Å². The van der Waals surface area contributed by atoms with Gasteiger partial charge in [-0.15, -0.1) is 0 Å². The second-order valence-electron chi connectivity index (χ2n) is 3.25. The van der Waals surface area contributed by atoms with Crippen LogP contribution in [0.5, 0.6) is 11.5 Å². The SMILES string of the molecule is CNC(NC)C(O)c1ccc(O)c(O)c1. The summed E-state index contributed by atoms with van der Waals surface area (Å²) >= 11 is 0. The molecule has 0 aliphatic carbocycles. The summed E-state index contributed by atoms with van der Waals surface area (Å²) in [6.45, 7) is 0. The van der Waals surface area contributed by atoms with Crippen LogP contribution < -0.4 is 10.6 Å². The number of aliphatic hydroxyl groups is 1. The number of phenolic OH excluding ortho intramolecular Hbond substituents is 2. The monoisotopic (exact) mass is 212 g/mol. The molecule has 15 heavy (non-hydrogen) atoms. The Morgan fingerprint density at radius 1 is 1.07 bits per heavy atom. The first kappa shape index (κ1) is 11.8. The van der Waals surface area contributed by atoms with Crippen molar-refractivity contribution in [2.75, 3.05) is 14.1 Å². The average Bonchev–Trinajstić information content (AvgIpc) is 2.23. The first-order valence-corrected chi connectivity index (χ1v) is 4.64. The lowest BCUT2D eigenvalue weighted by molar-refractivity contribution is 0.119. The van der Waals surface area contributed by atoms with E-state index in [1.807, 2.05) is 0 Å². The number of aromatic hydroxyl groups is 2. The highest BCUT2D eigenvalue weighted by Crippen LogP contribution is 2.28. The summed E-state index contributed by atoms with van der Waals surface area (Å²) < 4.78 is 0. The molecule has 0 spiro atoms. The third-order valence-corrected chi connectivity index (χ3v) is 2.28. The minimum Gasteiger partial charge on any atom is -0.504 e. The second-order valence-corrected chi connectivity index (χ2v) is 3.25. The molecule has 1 atom stereocenters. The van der Waals surface area contributed by atoms with E-state index >= 15 is 0 Å². The fourth-order valence-electron chi connectivity index (χ4n) is 1.38. The summed E-state index contributed by atoms with van der Waals surface area (Å²) in [5, 5.41) is 34.0. The molecule has 1 aromatic rings. The maximum atomic E-state index is 9.88. The average molecular weight is 212 g/mol. The number of likely N-dealkylation sites (N-methyl/N-ethyl adjacent to an activating group) is 2. The van der Waals surface area contributed by atoms with Crippen LogP contribution >= 0.6 is 0 Å². The van der Waals surface area contributed by atoms with Crippen LogP contribution in [0.2, 0.25) is 0 Å². The summed E-state index contributed by atoms with van der Waals surface area (Å²) in [6, 6.07) is 4.24. The molecule has 1 rings (SSSR count). The van der Waals surface area contributed by atoms with Gasteiger partial charge < -0.3 is 26.0 Å². The highest BCUT2D eigenvalue weighted by Gasteiger charge is 2.18. The smallest absolute Gasteiger partial charge is 0.157 e. The third kappa shape index (κ3) is 2.59. The van der Waals surface area contributed by atoms with Gasteiger partial charge in [-0.1, -0.05) is 6.07 Å². The summed E-state index contributed by atoms with van der Waals surface area (Å²) in [6.07, 6.45) is -1.11. The molecule has 0 aliphatic rings. The number of phenols is 2. The van der Waals surface area contributed by atoms with E-state index < -0.39 is 6.10 Å². The number of rotatable bonds is 4. The van der Waals surface area contributed by atoms with E-state index in [1.165, 1.54) is 12.1 Å². The van der Waals surface area contributed by atoms with Gasteiger partial charge in [-0.3, -0.25) is 0 Å². The van der Waals surface area contributed by atoms with Crippen molar-refractivity contribution < 1.29 is 15.3 Å². The molecule has 1 aromatic carbocycles. The maximum absolute atomic E-state index is 9.88. The highest BCUT2D eigenvalue weighted by atomic mass is 16.3. The van der Waals surface area contributed by atoms with Gasteiger partial charge in [0, 0.05) is 0 Å². The number of nitrogens with one attached hydrogen (secondary N) is 2. The Hall–Kier alpha value is -1.30. The molecule has 84 valence electrons. The lowest BCUT2D eigenvalue weighted by atomic mass is 10.1. The molecule has 0 bridgehead atoms. The zero-order valence-corrected chi connectivity index (χ0v) is 8.73. The highest BCUT2D eigenvalue weighted by molar-refractivity contribution is 5.41. The number of benzene rings is 1. The van der Waals surface area contributed by atoms with Crippen LogP contribution in [-0.4, -0.2) is 35.6 Å². The third-order valence-electron chi connectivity index (χ3n) is 2.28. The van der Waals surface area contributed by atoms with Crippen molar-refractivity contribution in [3.05, 3.63) is 23.8 Å². The zero-order valence-electron chi connectivity index (χ0n) is 8.73. The first-order valence-electron chi connectivity index (χ1n) is 4.64. The van der Waals surface area contributed by atoms with Crippen molar-refractivity contribution in [1.82, 2.24) is 10.6 Å².